The van der Waals surface area contributed by atoms with E-state index < -0.39 is 31.0 Å². The number of carbonyl (C=O) groups excluding carboxylic acids is 1. The predicted octanol–water partition coefficient (Wildman–Crippen LogP) is 3.82. The monoisotopic (exact) mass is 665 g/mol. The van der Waals surface area contributed by atoms with Crippen LogP contribution in [0.5, 0.6) is 5.75 Å². The zero-order valence-corrected chi connectivity index (χ0v) is 27.7. The molecule has 2 heterocycles. The number of carbonyl (C=O) groups is 1. The van der Waals surface area contributed by atoms with Crippen molar-refractivity contribution in [3.05, 3.63) is 71.7 Å². The molecule has 0 radical (unpaired) electrons. The van der Waals surface area contributed by atoms with E-state index in [1.807, 2.05) is 24.5 Å². The number of aliphatic hydroxyl groups is 5. The van der Waals surface area contributed by atoms with Crippen molar-refractivity contribution in [2.45, 2.75) is 112 Å². The largest absolute Gasteiger partial charge is 0.490 e. The van der Waals surface area contributed by atoms with Gasteiger partial charge in [0.25, 0.3) is 0 Å². The number of benzene rings is 1. The van der Waals surface area contributed by atoms with Crippen LogP contribution >= 0.6 is 11.8 Å². The zero-order valence-electron chi connectivity index (χ0n) is 26.9. The van der Waals surface area contributed by atoms with Crippen LogP contribution in [0.15, 0.2) is 59.9 Å². The normalized spacial score (nSPS) is 17.9. The molecule has 6 N–H and O–H groups in total. The summed E-state index contributed by atoms with van der Waals surface area (Å²) in [6.45, 7) is 1.98. The summed E-state index contributed by atoms with van der Waals surface area (Å²) in [6.07, 6.45) is 4.09. The maximum Gasteiger partial charge on any atom is 0.133 e. The molecule has 3 aromatic rings. The molecule has 2 aliphatic carbocycles. The highest BCUT2D eigenvalue weighted by atomic mass is 32.2. The number of aromatic nitrogens is 2. The van der Waals surface area contributed by atoms with Gasteiger partial charge in [-0.05, 0) is 92.5 Å². The lowest BCUT2D eigenvalue weighted by atomic mass is 9.94. The van der Waals surface area contributed by atoms with Crippen molar-refractivity contribution in [2.24, 2.45) is 0 Å². The van der Waals surface area contributed by atoms with Crippen LogP contribution < -0.4 is 10.1 Å². The Morgan fingerprint density at radius 3 is 2.51 bits per heavy atom. The second-order valence-electron chi connectivity index (χ2n) is 12.8. The molecule has 1 aromatic carbocycles. The van der Waals surface area contributed by atoms with Crippen LogP contribution in [0.4, 0.5) is 0 Å². The fourth-order valence-electron chi connectivity index (χ4n) is 5.67. The van der Waals surface area contributed by atoms with Gasteiger partial charge < -0.3 is 35.6 Å². The van der Waals surface area contributed by atoms with Crippen LogP contribution in [0.3, 0.4) is 0 Å². The van der Waals surface area contributed by atoms with Gasteiger partial charge >= 0.3 is 0 Å². The first-order chi connectivity index (χ1) is 22.7. The zero-order chi connectivity index (χ0) is 33.4. The van der Waals surface area contributed by atoms with Gasteiger partial charge in [0.1, 0.15) is 29.8 Å². The van der Waals surface area contributed by atoms with Gasteiger partial charge in [0.15, 0.2) is 0 Å². The third-order valence-corrected chi connectivity index (χ3v) is 10.0. The molecule has 5 rings (SSSR count). The highest BCUT2D eigenvalue weighted by Crippen LogP contribution is 2.50. The number of rotatable bonds is 20. The maximum absolute atomic E-state index is 12.3. The minimum atomic E-state index is -1.68. The van der Waals surface area contributed by atoms with Crippen molar-refractivity contribution in [3.63, 3.8) is 0 Å². The molecule has 0 unspecified atom stereocenters. The Labute approximate surface area is 280 Å². The summed E-state index contributed by atoms with van der Waals surface area (Å²) in [5.74, 6) is 1.70. The summed E-state index contributed by atoms with van der Waals surface area (Å²) in [7, 11) is 0. The van der Waals surface area contributed by atoms with E-state index in [1.165, 1.54) is 5.56 Å². The van der Waals surface area contributed by atoms with E-state index >= 15 is 0 Å². The Kier molecular flexibility index (Phi) is 12.4. The number of pyridine rings is 2. The molecule has 0 aliphatic heterocycles. The van der Waals surface area contributed by atoms with Crippen molar-refractivity contribution in [3.8, 4) is 16.9 Å². The topological polar surface area (TPSA) is 165 Å². The average molecular weight is 666 g/mol. The van der Waals surface area contributed by atoms with Crippen molar-refractivity contribution >= 4 is 17.5 Å². The smallest absolute Gasteiger partial charge is 0.133 e. The molecule has 254 valence electrons. The number of ether oxygens (including phenoxy) is 1. The molecule has 4 atom stereocenters. The quantitative estimate of drug-likeness (QED) is 0.0768. The molecular formula is C36H47N3O7S. The van der Waals surface area contributed by atoms with Crippen LogP contribution in [0, 0.1) is 6.92 Å². The van der Waals surface area contributed by atoms with Crippen LogP contribution in [0.2, 0.25) is 0 Å². The summed E-state index contributed by atoms with van der Waals surface area (Å²) in [4.78, 5) is 21.7. The minimum absolute atomic E-state index is 0.0282. The average Bonchev–Trinajstić information content (AvgIpc) is 4.04. The molecule has 0 bridgehead atoms. The second kappa shape index (κ2) is 16.5. The van der Waals surface area contributed by atoms with Gasteiger partial charge in [-0.3, -0.25) is 9.78 Å². The number of nitrogens with one attached hydrogen (secondary N) is 1. The van der Waals surface area contributed by atoms with E-state index in [0.29, 0.717) is 25.5 Å². The molecular weight excluding hydrogens is 618 g/mol. The van der Waals surface area contributed by atoms with Gasteiger partial charge in [0, 0.05) is 42.9 Å². The predicted molar refractivity (Wildman–Crippen MR) is 180 cm³/mol. The van der Waals surface area contributed by atoms with Gasteiger partial charge in [0.05, 0.1) is 29.5 Å². The third kappa shape index (κ3) is 9.60. The first-order valence-corrected chi connectivity index (χ1v) is 17.6. The molecule has 11 heteroatoms. The van der Waals surface area contributed by atoms with Gasteiger partial charge in [0.2, 0.25) is 0 Å². The van der Waals surface area contributed by atoms with E-state index in [0.717, 1.165) is 71.0 Å². The number of unbranched alkanes of at least 4 members (excludes halogenated alkanes) is 1. The fraction of sp³-hybridized carbons (Fsp3) is 0.528. The summed E-state index contributed by atoms with van der Waals surface area (Å²) in [6, 6.07) is 14.5. The van der Waals surface area contributed by atoms with Crippen LogP contribution in [0.25, 0.3) is 11.1 Å². The molecule has 0 spiro atoms. The van der Waals surface area contributed by atoms with Crippen molar-refractivity contribution in [1.29, 1.82) is 0 Å². The molecule has 0 saturated heterocycles. The third-order valence-electron chi connectivity index (χ3n) is 9.00. The number of thioether (sulfide) groups is 1. The summed E-state index contributed by atoms with van der Waals surface area (Å²) in [5, 5.41) is 52.7. The Morgan fingerprint density at radius 1 is 1.00 bits per heavy atom. The van der Waals surface area contributed by atoms with Gasteiger partial charge in [-0.2, -0.15) is 0 Å². The van der Waals surface area contributed by atoms with Crippen LogP contribution in [0.1, 0.15) is 74.6 Å². The lowest BCUT2D eigenvalue weighted by Gasteiger charge is -2.25. The molecule has 0 amide bonds. The number of aliphatic hydroxyl groups excluding tert-OH is 5. The number of hydrogen-bond donors (Lipinski definition) is 6. The fourth-order valence-corrected chi connectivity index (χ4v) is 6.56. The number of para-hydroxylation sites is 1. The molecule has 2 fully saturated rings. The molecule has 2 aliphatic rings. The van der Waals surface area contributed by atoms with E-state index in [9.17, 15) is 25.2 Å². The van der Waals surface area contributed by atoms with E-state index in [4.69, 9.17) is 14.8 Å². The van der Waals surface area contributed by atoms with Crippen molar-refractivity contribution < 1.29 is 35.1 Å². The maximum atomic E-state index is 12.3. The van der Waals surface area contributed by atoms with Gasteiger partial charge in [-0.15, -0.1) is 11.8 Å². The highest BCUT2D eigenvalue weighted by molar-refractivity contribution is 7.99. The van der Waals surface area contributed by atoms with E-state index in [1.54, 1.807) is 11.8 Å². The summed E-state index contributed by atoms with van der Waals surface area (Å²) in [5.41, 5.74) is 5.42. The van der Waals surface area contributed by atoms with Gasteiger partial charge in [-0.1, -0.05) is 24.3 Å². The minimum Gasteiger partial charge on any atom is -0.490 e. The Balaban J connectivity index is 1.09. The summed E-state index contributed by atoms with van der Waals surface area (Å²) >= 11 is 1.66. The number of aryl methyl sites for hydroxylation is 1. The van der Waals surface area contributed by atoms with Crippen molar-refractivity contribution in [1.82, 2.24) is 15.3 Å². The van der Waals surface area contributed by atoms with E-state index in [2.05, 4.69) is 47.6 Å². The number of hydrogen-bond acceptors (Lipinski definition) is 11. The first-order valence-electron chi connectivity index (χ1n) is 16.6. The highest BCUT2D eigenvalue weighted by Gasteiger charge is 2.46. The lowest BCUT2D eigenvalue weighted by Crippen LogP contribution is -2.45. The Hall–Kier alpha value is -2.90. The standard InChI is InChI=1S/C36H47N3O7S/c1-23-9-14-33(47-19-5-4-6-24(41)10-13-30(42)34(44)35(45)31(43)22-40)39-29(23)21-38-36(16-17-36)28-20-37-18-15-26(28)27-7-2-3-8-32(27)46-25-11-12-25/h2-3,7-9,14-15,18,20,25,30-31,34-35,38,40,42-45H,4-6,10-13,16-17,19,21-22H2,1H3/t30-,31+,34+,35+/m0/s1. The Bertz CT molecular complexity index is 1480. The van der Waals surface area contributed by atoms with E-state index in [-0.39, 0.29) is 24.2 Å². The van der Waals surface area contributed by atoms with Crippen molar-refractivity contribution in [2.75, 3.05) is 12.4 Å². The van der Waals surface area contributed by atoms with Gasteiger partial charge in [-0.25, -0.2) is 4.98 Å². The van der Waals surface area contributed by atoms with Crippen LogP contribution in [-0.4, -0.2) is 84.2 Å². The number of nitrogens with zero attached hydrogens (tertiary/aromatic N) is 2. The molecule has 47 heavy (non-hydrogen) atoms. The second-order valence-corrected chi connectivity index (χ2v) is 13.9. The molecule has 2 saturated carbocycles. The number of ketones is 1. The SMILES string of the molecule is Cc1ccc(SCCCCC(=O)CC[C@H](O)[C@@H](O)[C@H](O)[C@H](O)CO)nc1CNC1(c2cnccc2-c2ccccc2OC2CC2)CC1. The lowest BCUT2D eigenvalue weighted by molar-refractivity contribution is -0.125. The number of Topliss-reactive ketones (excluding diaryl/α,β-unsaturated/α-hetero) is 1. The first kappa shape index (κ1) is 35.4. The van der Waals surface area contributed by atoms with Crippen LogP contribution in [-0.2, 0) is 16.9 Å². The molecule has 10 nitrogen and oxygen atoms in total. The molecule has 2 aromatic heterocycles. The summed E-state index contributed by atoms with van der Waals surface area (Å²) < 4.78 is 6.25. The Morgan fingerprint density at radius 2 is 1.77 bits per heavy atom.